The first kappa shape index (κ1) is 23.2. The number of hydrogen-bond acceptors (Lipinski definition) is 8. The molecule has 19 heavy (non-hydrogen) atoms. The molecular formula is C10H16N2O6Pb. The Balaban J connectivity index is -0.000000256. The van der Waals surface area contributed by atoms with E-state index in [0.29, 0.717) is 0 Å². The molecule has 0 saturated carbocycles. The molecule has 0 bridgehead atoms. The number of aliphatic carboxylic acids is 2. The minimum absolute atomic E-state index is 0. The maximum absolute atomic E-state index is 10.1. The molecule has 0 aromatic rings. The Morgan fingerprint density at radius 1 is 0.737 bits per heavy atom. The summed E-state index contributed by atoms with van der Waals surface area (Å²) in [5.74, 6) is -2.57. The van der Waals surface area contributed by atoms with E-state index in [9.17, 15) is 29.4 Å². The molecule has 0 saturated heterocycles. The average molecular weight is 467 g/mol. The fraction of sp³-hybridized carbons (Fsp3) is 0.600. The van der Waals surface area contributed by atoms with Gasteiger partial charge in [0.25, 0.3) is 0 Å². The van der Waals surface area contributed by atoms with Gasteiger partial charge >= 0.3 is 27.3 Å². The second-order valence-electron chi connectivity index (χ2n) is 3.36. The standard InChI is InChI=1S/2C5H9NO3.Pb/c2*1-4(7)2-6-3-5(8)9;/h2*6H,2-3H2,1H3,(H,8,9);/q;;+2/p-2. The fourth-order valence-electron chi connectivity index (χ4n) is 0.681. The molecule has 0 aromatic carbocycles. The van der Waals surface area contributed by atoms with Gasteiger partial charge in [-0.1, -0.05) is 0 Å². The third kappa shape index (κ3) is 31.7. The van der Waals surface area contributed by atoms with Gasteiger partial charge < -0.3 is 30.4 Å². The van der Waals surface area contributed by atoms with Crippen LogP contribution in [0.2, 0.25) is 0 Å². The van der Waals surface area contributed by atoms with Crippen LogP contribution in [-0.4, -0.2) is 77.0 Å². The van der Waals surface area contributed by atoms with Crippen molar-refractivity contribution in [2.75, 3.05) is 26.2 Å². The Morgan fingerprint density at radius 3 is 1.16 bits per heavy atom. The molecule has 0 spiro atoms. The van der Waals surface area contributed by atoms with Crippen molar-refractivity contribution in [3.63, 3.8) is 0 Å². The van der Waals surface area contributed by atoms with Crippen LogP contribution in [-0.2, 0) is 19.2 Å². The molecule has 0 aliphatic rings. The fourth-order valence-corrected chi connectivity index (χ4v) is 0.681. The van der Waals surface area contributed by atoms with Crippen LogP contribution in [0.1, 0.15) is 13.8 Å². The minimum atomic E-state index is -1.20. The summed E-state index contributed by atoms with van der Waals surface area (Å²) < 4.78 is 0. The number of rotatable bonds is 8. The van der Waals surface area contributed by atoms with Crippen molar-refractivity contribution in [2.24, 2.45) is 0 Å². The third-order valence-corrected chi connectivity index (χ3v) is 1.29. The van der Waals surface area contributed by atoms with E-state index in [0.717, 1.165) is 0 Å². The number of Topliss-reactive ketones (excluding diaryl/α,β-unsaturated/α-hetero) is 2. The molecular weight excluding hydrogens is 451 g/mol. The molecule has 0 heterocycles. The predicted molar refractivity (Wildman–Crippen MR) is 62.9 cm³/mol. The zero-order chi connectivity index (χ0) is 14.6. The maximum atomic E-state index is 10.1. The van der Waals surface area contributed by atoms with Crippen LogP contribution in [0.3, 0.4) is 0 Å². The third-order valence-electron chi connectivity index (χ3n) is 1.29. The van der Waals surface area contributed by atoms with Crippen molar-refractivity contribution in [1.82, 2.24) is 10.6 Å². The van der Waals surface area contributed by atoms with Crippen LogP contribution < -0.4 is 20.8 Å². The Hall–Kier alpha value is -0.878. The van der Waals surface area contributed by atoms with Crippen LogP contribution >= 0.6 is 0 Å². The Morgan fingerprint density at radius 2 is 1.00 bits per heavy atom. The molecule has 0 aromatic heterocycles. The molecule has 9 heteroatoms. The van der Waals surface area contributed by atoms with Gasteiger partial charge in [0.05, 0.1) is 25.0 Å². The summed E-state index contributed by atoms with van der Waals surface area (Å²) in [4.78, 5) is 39.7. The first-order valence-electron chi connectivity index (χ1n) is 5.05. The van der Waals surface area contributed by atoms with E-state index >= 15 is 0 Å². The molecule has 0 aliphatic carbocycles. The normalized spacial score (nSPS) is 8.53. The summed E-state index contributed by atoms with van der Waals surface area (Å²) in [5.41, 5.74) is 0. The molecule has 0 aliphatic heterocycles. The van der Waals surface area contributed by atoms with Crippen molar-refractivity contribution in [1.29, 1.82) is 0 Å². The van der Waals surface area contributed by atoms with Crippen molar-refractivity contribution < 1.29 is 29.4 Å². The van der Waals surface area contributed by atoms with E-state index in [-0.39, 0.29) is 65.0 Å². The van der Waals surface area contributed by atoms with Crippen LogP contribution in [0.15, 0.2) is 0 Å². The monoisotopic (exact) mass is 468 g/mol. The predicted octanol–water partition coefficient (Wildman–Crippen LogP) is -4.55. The van der Waals surface area contributed by atoms with Gasteiger partial charge in [-0.25, -0.2) is 0 Å². The maximum Gasteiger partial charge on any atom is 2.00 e. The summed E-state index contributed by atoms with van der Waals surface area (Å²) in [5, 5.41) is 24.1. The number of carboxylic acids is 2. The number of carbonyl (C=O) groups excluding carboxylic acids is 4. The number of carbonyl (C=O) groups is 4. The molecule has 0 atom stereocenters. The smallest absolute Gasteiger partial charge is 0.549 e. The topological polar surface area (TPSA) is 138 Å². The van der Waals surface area contributed by atoms with Crippen molar-refractivity contribution in [2.45, 2.75) is 13.8 Å². The van der Waals surface area contributed by atoms with Gasteiger partial charge in [-0.2, -0.15) is 0 Å². The summed E-state index contributed by atoms with van der Waals surface area (Å²) in [7, 11) is 0. The Bertz CT molecular complexity index is 250. The summed E-state index contributed by atoms with van der Waals surface area (Å²) >= 11 is 0. The van der Waals surface area contributed by atoms with Gasteiger partial charge in [-0.05, 0) is 13.8 Å². The Labute approximate surface area is 131 Å². The van der Waals surface area contributed by atoms with Gasteiger partial charge in [0.15, 0.2) is 0 Å². The summed E-state index contributed by atoms with van der Waals surface area (Å²) in [6.07, 6.45) is 0. The summed E-state index contributed by atoms with van der Waals surface area (Å²) in [6.45, 7) is 2.41. The largest absolute Gasteiger partial charge is 2.00 e. The van der Waals surface area contributed by atoms with Crippen LogP contribution in [0.25, 0.3) is 0 Å². The van der Waals surface area contributed by atoms with Crippen LogP contribution in [0.4, 0.5) is 0 Å². The van der Waals surface area contributed by atoms with Crippen molar-refractivity contribution >= 4 is 50.8 Å². The number of hydrogen-bond donors (Lipinski definition) is 2. The zero-order valence-electron chi connectivity index (χ0n) is 10.8. The SMILES string of the molecule is CC(=O)CNCC(=O)[O-].CC(=O)CNCC(=O)[O-].[Pb+2]. The first-order chi connectivity index (χ1) is 8.25. The van der Waals surface area contributed by atoms with E-state index in [2.05, 4.69) is 10.6 Å². The van der Waals surface area contributed by atoms with E-state index in [1.807, 2.05) is 0 Å². The number of carboxylic acid groups (broad SMARTS) is 2. The van der Waals surface area contributed by atoms with E-state index < -0.39 is 11.9 Å². The summed E-state index contributed by atoms with van der Waals surface area (Å²) in [6, 6.07) is 0. The van der Waals surface area contributed by atoms with Gasteiger partial charge in [-0.3, -0.25) is 9.59 Å². The first-order valence-corrected chi connectivity index (χ1v) is 5.05. The second kappa shape index (κ2) is 15.2. The Kier molecular flexibility index (Phi) is 18.6. The number of nitrogens with one attached hydrogen (secondary N) is 2. The molecule has 2 N–H and O–H groups in total. The molecule has 106 valence electrons. The van der Waals surface area contributed by atoms with Crippen molar-refractivity contribution in [3.8, 4) is 0 Å². The van der Waals surface area contributed by atoms with E-state index in [4.69, 9.17) is 0 Å². The van der Waals surface area contributed by atoms with Crippen LogP contribution in [0, 0.1) is 0 Å². The zero-order valence-corrected chi connectivity index (χ0v) is 14.7. The van der Waals surface area contributed by atoms with Crippen molar-refractivity contribution in [3.05, 3.63) is 0 Å². The molecule has 0 unspecified atom stereocenters. The van der Waals surface area contributed by atoms with Crippen LogP contribution in [0.5, 0.6) is 0 Å². The molecule has 0 amide bonds. The average Bonchev–Trinajstić information content (AvgIpc) is 2.15. The van der Waals surface area contributed by atoms with Gasteiger partial charge in [0.1, 0.15) is 11.6 Å². The molecule has 2 radical (unpaired) electrons. The quantitative estimate of drug-likeness (QED) is 0.341. The minimum Gasteiger partial charge on any atom is -0.549 e. The second-order valence-corrected chi connectivity index (χ2v) is 3.36. The molecule has 0 fully saturated rings. The van der Waals surface area contributed by atoms with Gasteiger partial charge in [0.2, 0.25) is 0 Å². The number of ketones is 2. The molecule has 0 rings (SSSR count). The van der Waals surface area contributed by atoms with E-state index in [1.165, 1.54) is 13.8 Å². The van der Waals surface area contributed by atoms with E-state index in [1.54, 1.807) is 0 Å². The molecule has 8 nitrogen and oxygen atoms in total. The van der Waals surface area contributed by atoms with Gasteiger partial charge in [0, 0.05) is 13.1 Å². The van der Waals surface area contributed by atoms with Gasteiger partial charge in [-0.15, -0.1) is 0 Å².